The average molecular weight is 428 g/mol. The molecule has 0 spiro atoms. The van der Waals surface area contributed by atoms with Crippen molar-refractivity contribution >= 4 is 38.9 Å². The Hall–Kier alpha value is -2.87. The van der Waals surface area contributed by atoms with Gasteiger partial charge >= 0.3 is 0 Å². The fourth-order valence-corrected chi connectivity index (χ4v) is 5.65. The van der Waals surface area contributed by atoms with E-state index in [0.29, 0.717) is 42.9 Å². The van der Waals surface area contributed by atoms with Crippen LogP contribution in [-0.4, -0.2) is 39.1 Å². The molecule has 0 bridgehead atoms. The fourth-order valence-electron chi connectivity index (χ4n) is 3.95. The number of carbonyl (C=O) groups excluding carboxylic acids is 2. The number of sulfonamides is 1. The first kappa shape index (κ1) is 20.4. The van der Waals surface area contributed by atoms with Crippen molar-refractivity contribution in [3.63, 3.8) is 0 Å². The Balaban J connectivity index is 1.57. The normalized spacial score (nSPS) is 18.5. The van der Waals surface area contributed by atoms with Gasteiger partial charge in [0, 0.05) is 36.4 Å². The number of amides is 2. The Labute approximate surface area is 176 Å². The minimum absolute atomic E-state index is 0.0874. The highest BCUT2D eigenvalue weighted by molar-refractivity contribution is 7.92. The Morgan fingerprint density at radius 1 is 1.03 bits per heavy atom. The van der Waals surface area contributed by atoms with E-state index >= 15 is 0 Å². The zero-order valence-electron chi connectivity index (χ0n) is 16.9. The van der Waals surface area contributed by atoms with E-state index in [2.05, 4.69) is 5.32 Å². The van der Waals surface area contributed by atoms with Crippen LogP contribution in [-0.2, 0) is 14.8 Å². The van der Waals surface area contributed by atoms with Crippen LogP contribution in [0.25, 0.3) is 0 Å². The lowest BCUT2D eigenvalue weighted by molar-refractivity contribution is -0.117. The highest BCUT2D eigenvalue weighted by Crippen LogP contribution is 2.29. The summed E-state index contributed by atoms with van der Waals surface area (Å²) in [5.41, 5.74) is 3.11. The monoisotopic (exact) mass is 427 g/mol. The van der Waals surface area contributed by atoms with E-state index in [1.807, 2.05) is 13.0 Å². The smallest absolute Gasteiger partial charge is 0.255 e. The quantitative estimate of drug-likeness (QED) is 0.811. The van der Waals surface area contributed by atoms with Crippen molar-refractivity contribution in [2.45, 2.75) is 32.6 Å². The van der Waals surface area contributed by atoms with Crippen LogP contribution in [0.3, 0.4) is 0 Å². The van der Waals surface area contributed by atoms with E-state index in [9.17, 15) is 18.0 Å². The van der Waals surface area contributed by atoms with Crippen molar-refractivity contribution in [2.24, 2.45) is 0 Å². The fraction of sp³-hybridized carbons (Fsp3) is 0.364. The molecule has 0 radical (unpaired) electrons. The number of carbonyl (C=O) groups is 2. The molecule has 0 unspecified atom stereocenters. The Bertz CT molecular complexity index is 1100. The number of aryl methyl sites for hydroxylation is 1. The molecule has 2 amide bonds. The van der Waals surface area contributed by atoms with Gasteiger partial charge in [-0.25, -0.2) is 8.42 Å². The Kier molecular flexibility index (Phi) is 5.51. The van der Waals surface area contributed by atoms with Gasteiger partial charge in [0.1, 0.15) is 0 Å². The number of anilines is 3. The van der Waals surface area contributed by atoms with E-state index < -0.39 is 10.0 Å². The largest absolute Gasteiger partial charge is 0.322 e. The lowest BCUT2D eigenvalue weighted by Gasteiger charge is -2.29. The molecule has 1 N–H and O–H groups in total. The van der Waals surface area contributed by atoms with Crippen LogP contribution in [0.4, 0.5) is 17.1 Å². The summed E-state index contributed by atoms with van der Waals surface area (Å²) in [7, 11) is -3.36. The molecule has 2 aromatic carbocycles. The van der Waals surface area contributed by atoms with E-state index in [1.54, 1.807) is 41.3 Å². The van der Waals surface area contributed by atoms with Gasteiger partial charge in [-0.3, -0.25) is 13.9 Å². The van der Waals surface area contributed by atoms with Gasteiger partial charge in [-0.05, 0) is 62.1 Å². The van der Waals surface area contributed by atoms with Crippen LogP contribution in [0.2, 0.25) is 0 Å². The summed E-state index contributed by atoms with van der Waals surface area (Å²) in [5.74, 6) is -0.106. The van der Waals surface area contributed by atoms with Crippen LogP contribution in [0.1, 0.15) is 41.6 Å². The van der Waals surface area contributed by atoms with Crippen LogP contribution < -0.4 is 14.5 Å². The average Bonchev–Trinajstić information content (AvgIpc) is 3.14. The standard InChI is InChI=1S/C22H25N3O4S/c1-16-9-10-17(14-20(16)25-12-2-3-13-30(25,28)29)22(27)23-18-6-4-7-19(15-18)24-11-5-8-21(24)26/h4,6-7,9-10,14-15H,2-3,5,8,11-13H2,1H3,(H,23,27). The Morgan fingerprint density at radius 3 is 2.60 bits per heavy atom. The van der Waals surface area contributed by atoms with Crippen LogP contribution in [0, 0.1) is 6.92 Å². The van der Waals surface area contributed by atoms with Crippen molar-refractivity contribution in [2.75, 3.05) is 33.4 Å². The molecule has 4 rings (SSSR count). The second-order valence-corrected chi connectivity index (χ2v) is 9.76. The van der Waals surface area contributed by atoms with Gasteiger partial charge < -0.3 is 10.2 Å². The van der Waals surface area contributed by atoms with E-state index in [-0.39, 0.29) is 17.6 Å². The second kappa shape index (κ2) is 8.10. The summed E-state index contributed by atoms with van der Waals surface area (Å²) in [5, 5.41) is 2.86. The summed E-state index contributed by atoms with van der Waals surface area (Å²) < 4.78 is 26.4. The predicted octanol–water partition coefficient (Wildman–Crippen LogP) is 3.30. The second-order valence-electron chi connectivity index (χ2n) is 7.75. The van der Waals surface area contributed by atoms with Crippen LogP contribution in [0.15, 0.2) is 42.5 Å². The third kappa shape index (κ3) is 4.05. The van der Waals surface area contributed by atoms with Crippen LogP contribution >= 0.6 is 0 Å². The Morgan fingerprint density at radius 2 is 1.87 bits per heavy atom. The minimum Gasteiger partial charge on any atom is -0.322 e. The van der Waals surface area contributed by atoms with Crippen molar-refractivity contribution in [3.8, 4) is 0 Å². The SMILES string of the molecule is Cc1ccc(C(=O)Nc2cccc(N3CCCC3=O)c2)cc1N1CCCCS1(=O)=O. The van der Waals surface area contributed by atoms with Crippen molar-refractivity contribution in [3.05, 3.63) is 53.6 Å². The highest BCUT2D eigenvalue weighted by Gasteiger charge is 2.28. The van der Waals surface area contributed by atoms with Gasteiger partial charge in [0.15, 0.2) is 0 Å². The molecule has 0 aromatic heterocycles. The van der Waals surface area contributed by atoms with E-state index in [1.165, 1.54) is 4.31 Å². The zero-order valence-corrected chi connectivity index (χ0v) is 17.7. The molecule has 2 aliphatic rings. The zero-order chi connectivity index (χ0) is 21.3. The third-order valence-electron chi connectivity index (χ3n) is 5.58. The lowest BCUT2D eigenvalue weighted by Crippen LogP contribution is -2.38. The van der Waals surface area contributed by atoms with Gasteiger partial charge in [0.2, 0.25) is 15.9 Å². The third-order valence-corrected chi connectivity index (χ3v) is 7.43. The van der Waals surface area contributed by atoms with E-state index in [4.69, 9.17) is 0 Å². The van der Waals surface area contributed by atoms with E-state index in [0.717, 1.165) is 24.1 Å². The molecular formula is C22H25N3O4S. The maximum absolute atomic E-state index is 12.9. The number of hydrogen-bond donors (Lipinski definition) is 1. The van der Waals surface area contributed by atoms with Crippen molar-refractivity contribution < 1.29 is 18.0 Å². The first-order valence-corrected chi connectivity index (χ1v) is 11.8. The number of benzene rings is 2. The molecule has 2 saturated heterocycles. The molecule has 158 valence electrons. The number of nitrogens with zero attached hydrogens (tertiary/aromatic N) is 2. The first-order chi connectivity index (χ1) is 14.3. The topological polar surface area (TPSA) is 86.8 Å². The van der Waals surface area contributed by atoms with Crippen molar-refractivity contribution in [1.82, 2.24) is 0 Å². The molecule has 2 aliphatic heterocycles. The molecular weight excluding hydrogens is 402 g/mol. The molecule has 2 aromatic rings. The molecule has 0 aliphatic carbocycles. The molecule has 0 atom stereocenters. The van der Waals surface area contributed by atoms with Crippen LogP contribution in [0.5, 0.6) is 0 Å². The minimum atomic E-state index is -3.36. The molecule has 8 heteroatoms. The number of nitrogens with one attached hydrogen (secondary N) is 1. The summed E-state index contributed by atoms with van der Waals surface area (Å²) >= 11 is 0. The summed E-state index contributed by atoms with van der Waals surface area (Å²) in [6.45, 7) is 2.96. The summed E-state index contributed by atoms with van der Waals surface area (Å²) in [6.07, 6.45) is 2.84. The van der Waals surface area contributed by atoms with Gasteiger partial charge in [0.05, 0.1) is 11.4 Å². The molecule has 2 fully saturated rings. The molecule has 7 nitrogen and oxygen atoms in total. The summed E-state index contributed by atoms with van der Waals surface area (Å²) in [6, 6.07) is 12.3. The maximum atomic E-state index is 12.9. The molecule has 30 heavy (non-hydrogen) atoms. The summed E-state index contributed by atoms with van der Waals surface area (Å²) in [4.78, 5) is 26.6. The predicted molar refractivity (Wildman–Crippen MR) is 118 cm³/mol. The van der Waals surface area contributed by atoms with Gasteiger partial charge in [-0.15, -0.1) is 0 Å². The number of rotatable bonds is 4. The maximum Gasteiger partial charge on any atom is 0.255 e. The highest BCUT2D eigenvalue weighted by atomic mass is 32.2. The van der Waals surface area contributed by atoms with Gasteiger partial charge in [0.25, 0.3) is 5.91 Å². The first-order valence-electron chi connectivity index (χ1n) is 10.2. The lowest BCUT2D eigenvalue weighted by atomic mass is 10.1. The van der Waals surface area contributed by atoms with Gasteiger partial charge in [-0.1, -0.05) is 12.1 Å². The molecule has 2 heterocycles. The van der Waals surface area contributed by atoms with Crippen molar-refractivity contribution in [1.29, 1.82) is 0 Å². The molecule has 0 saturated carbocycles. The number of hydrogen-bond acceptors (Lipinski definition) is 4. The van der Waals surface area contributed by atoms with Gasteiger partial charge in [-0.2, -0.15) is 0 Å².